The molecule has 0 bridgehead atoms. The van der Waals surface area contributed by atoms with Crippen LogP contribution in [0.4, 0.5) is 0 Å². The molecule has 2 unspecified atom stereocenters. The minimum Gasteiger partial charge on any atom is -0.389 e. The van der Waals surface area contributed by atoms with E-state index >= 15 is 0 Å². The van der Waals surface area contributed by atoms with E-state index in [-0.39, 0.29) is 0 Å². The first-order chi connectivity index (χ1) is 9.22. The maximum atomic E-state index is 9.76. The van der Waals surface area contributed by atoms with Gasteiger partial charge in [-0.05, 0) is 24.8 Å². The zero-order chi connectivity index (χ0) is 13.9. The molecule has 108 valence electrons. The summed E-state index contributed by atoms with van der Waals surface area (Å²) in [6.45, 7) is 4.68. The number of nitrogens with one attached hydrogen (secondary N) is 1. The molecule has 2 atom stereocenters. The number of hydrogen-bond donors (Lipinski definition) is 2. The fraction of sp³-hybridized carbons (Fsp3) is 0.600. The molecule has 1 aromatic rings. The Morgan fingerprint density at radius 1 is 1.32 bits per heavy atom. The number of aliphatic hydroxyl groups is 1. The number of rotatable bonds is 10. The van der Waals surface area contributed by atoms with Crippen molar-refractivity contribution in [2.75, 3.05) is 26.0 Å². The van der Waals surface area contributed by atoms with Crippen molar-refractivity contribution in [2.24, 2.45) is 0 Å². The van der Waals surface area contributed by atoms with Crippen LogP contribution >= 0.6 is 11.8 Å². The van der Waals surface area contributed by atoms with E-state index < -0.39 is 6.10 Å². The molecular formula is C15H25NO2S. The van der Waals surface area contributed by atoms with Gasteiger partial charge >= 0.3 is 0 Å². The first-order valence-electron chi connectivity index (χ1n) is 6.75. The first-order valence-corrected chi connectivity index (χ1v) is 8.04. The largest absolute Gasteiger partial charge is 0.389 e. The zero-order valence-electron chi connectivity index (χ0n) is 11.8. The van der Waals surface area contributed by atoms with Crippen LogP contribution in [0.15, 0.2) is 30.3 Å². The molecule has 0 saturated carbocycles. The summed E-state index contributed by atoms with van der Waals surface area (Å²) in [5, 5.41) is 13.7. The lowest BCUT2D eigenvalue weighted by Gasteiger charge is -2.13. The van der Waals surface area contributed by atoms with E-state index in [2.05, 4.69) is 18.5 Å². The topological polar surface area (TPSA) is 41.5 Å². The smallest absolute Gasteiger partial charge is 0.0897 e. The highest BCUT2D eigenvalue weighted by molar-refractivity contribution is 7.99. The molecule has 19 heavy (non-hydrogen) atoms. The lowest BCUT2D eigenvalue weighted by molar-refractivity contribution is 0.0289. The predicted octanol–water partition coefficient (Wildman–Crippen LogP) is 2.30. The third kappa shape index (κ3) is 8.26. The monoisotopic (exact) mass is 283 g/mol. The molecule has 0 amide bonds. The molecule has 1 aromatic carbocycles. The van der Waals surface area contributed by atoms with Gasteiger partial charge in [-0.2, -0.15) is 11.8 Å². The highest BCUT2D eigenvalue weighted by Crippen LogP contribution is 2.07. The maximum Gasteiger partial charge on any atom is 0.0897 e. The lowest BCUT2D eigenvalue weighted by Crippen LogP contribution is -2.31. The van der Waals surface area contributed by atoms with Gasteiger partial charge in [-0.15, -0.1) is 0 Å². The molecular weight excluding hydrogens is 258 g/mol. The molecule has 4 heteroatoms. The van der Waals surface area contributed by atoms with Crippen molar-refractivity contribution in [3.8, 4) is 0 Å². The van der Waals surface area contributed by atoms with E-state index in [0.717, 1.165) is 18.5 Å². The van der Waals surface area contributed by atoms with Gasteiger partial charge < -0.3 is 15.2 Å². The third-order valence-corrected chi connectivity index (χ3v) is 3.97. The maximum absolute atomic E-state index is 9.76. The molecule has 0 radical (unpaired) electrons. The van der Waals surface area contributed by atoms with Gasteiger partial charge in [0.25, 0.3) is 0 Å². The van der Waals surface area contributed by atoms with E-state index in [1.54, 1.807) is 0 Å². The van der Waals surface area contributed by atoms with Crippen LogP contribution in [0.3, 0.4) is 0 Å². The molecule has 0 fully saturated rings. The second-order valence-corrected chi connectivity index (χ2v) is 5.97. The lowest BCUT2D eigenvalue weighted by atomic mass is 10.2. The van der Waals surface area contributed by atoms with Crippen molar-refractivity contribution in [1.82, 2.24) is 5.32 Å². The summed E-state index contributed by atoms with van der Waals surface area (Å²) >= 11 is 1.87. The van der Waals surface area contributed by atoms with Gasteiger partial charge in [-0.3, -0.25) is 0 Å². The van der Waals surface area contributed by atoms with Crippen molar-refractivity contribution in [1.29, 1.82) is 0 Å². The van der Waals surface area contributed by atoms with Crippen LogP contribution in [0.1, 0.15) is 18.9 Å². The Hall–Kier alpha value is -0.550. The molecule has 0 aliphatic rings. The van der Waals surface area contributed by atoms with Crippen LogP contribution in [0.2, 0.25) is 0 Å². The van der Waals surface area contributed by atoms with Gasteiger partial charge in [0, 0.05) is 11.8 Å². The van der Waals surface area contributed by atoms with E-state index in [1.165, 1.54) is 0 Å². The van der Waals surface area contributed by atoms with Gasteiger partial charge in [0.1, 0.15) is 0 Å². The van der Waals surface area contributed by atoms with Crippen LogP contribution in [0.5, 0.6) is 0 Å². The minimum absolute atomic E-state index is 0.375. The van der Waals surface area contributed by atoms with Crippen LogP contribution in [-0.4, -0.2) is 42.4 Å². The molecule has 0 heterocycles. The van der Waals surface area contributed by atoms with Crippen molar-refractivity contribution in [2.45, 2.75) is 31.3 Å². The fourth-order valence-corrected chi connectivity index (χ4v) is 1.99. The zero-order valence-corrected chi connectivity index (χ0v) is 12.7. The Morgan fingerprint density at radius 3 is 2.74 bits per heavy atom. The van der Waals surface area contributed by atoms with Crippen LogP contribution in [0.25, 0.3) is 0 Å². The van der Waals surface area contributed by atoms with Crippen molar-refractivity contribution < 1.29 is 9.84 Å². The van der Waals surface area contributed by atoms with Crippen LogP contribution < -0.4 is 5.32 Å². The van der Waals surface area contributed by atoms with Gasteiger partial charge in [-0.1, -0.05) is 37.3 Å². The van der Waals surface area contributed by atoms with Crippen LogP contribution in [-0.2, 0) is 11.3 Å². The summed E-state index contributed by atoms with van der Waals surface area (Å²) < 4.78 is 5.49. The quantitative estimate of drug-likeness (QED) is 0.647. The molecule has 0 aliphatic carbocycles. The van der Waals surface area contributed by atoms with E-state index in [4.69, 9.17) is 4.74 Å². The standard InChI is InChI=1S/C15H25NO2S/c1-13(19-2)8-9-16-10-15(17)12-18-11-14-6-4-3-5-7-14/h3-7,13,15-17H,8-12H2,1-2H3. The van der Waals surface area contributed by atoms with Gasteiger partial charge in [0.15, 0.2) is 0 Å². The summed E-state index contributed by atoms with van der Waals surface area (Å²) in [7, 11) is 0. The summed E-state index contributed by atoms with van der Waals surface area (Å²) in [6.07, 6.45) is 2.81. The molecule has 0 saturated heterocycles. The summed E-state index contributed by atoms with van der Waals surface area (Å²) in [5.41, 5.74) is 1.14. The van der Waals surface area contributed by atoms with Crippen molar-refractivity contribution in [3.05, 3.63) is 35.9 Å². The number of ether oxygens (including phenoxy) is 1. The number of benzene rings is 1. The third-order valence-electron chi connectivity index (χ3n) is 2.93. The molecule has 0 spiro atoms. The van der Waals surface area contributed by atoms with Crippen molar-refractivity contribution in [3.63, 3.8) is 0 Å². The van der Waals surface area contributed by atoms with Gasteiger partial charge in [-0.25, -0.2) is 0 Å². The van der Waals surface area contributed by atoms with Crippen LogP contribution in [0, 0.1) is 0 Å². The Bertz CT molecular complexity index is 321. The SMILES string of the molecule is CSC(C)CCNCC(O)COCc1ccccc1. The predicted molar refractivity (Wildman–Crippen MR) is 82.6 cm³/mol. The van der Waals surface area contributed by atoms with Gasteiger partial charge in [0.05, 0.1) is 19.3 Å². The fourth-order valence-electron chi connectivity index (χ4n) is 1.64. The summed E-state index contributed by atoms with van der Waals surface area (Å²) in [4.78, 5) is 0. The number of aliphatic hydroxyl groups excluding tert-OH is 1. The average Bonchev–Trinajstić information content (AvgIpc) is 2.44. The highest BCUT2D eigenvalue weighted by atomic mass is 32.2. The Kier molecular flexibility index (Phi) is 8.91. The molecule has 2 N–H and O–H groups in total. The Labute approximate surface area is 120 Å². The average molecular weight is 283 g/mol. The normalized spacial score (nSPS) is 14.3. The van der Waals surface area contributed by atoms with E-state index in [1.807, 2.05) is 42.1 Å². The van der Waals surface area contributed by atoms with E-state index in [9.17, 15) is 5.11 Å². The molecule has 1 rings (SSSR count). The minimum atomic E-state index is -0.437. The highest BCUT2D eigenvalue weighted by Gasteiger charge is 2.04. The molecule has 3 nitrogen and oxygen atoms in total. The van der Waals surface area contributed by atoms with Gasteiger partial charge in [0.2, 0.25) is 0 Å². The number of thioether (sulfide) groups is 1. The number of hydrogen-bond acceptors (Lipinski definition) is 4. The second-order valence-electron chi connectivity index (χ2n) is 4.69. The first kappa shape index (κ1) is 16.5. The van der Waals surface area contributed by atoms with E-state index in [0.29, 0.717) is 25.0 Å². The summed E-state index contributed by atoms with van der Waals surface area (Å²) in [6, 6.07) is 10.0. The molecule has 0 aromatic heterocycles. The summed E-state index contributed by atoms with van der Waals surface area (Å²) in [5.74, 6) is 0. The van der Waals surface area contributed by atoms with Crippen molar-refractivity contribution >= 4 is 11.8 Å². The Morgan fingerprint density at radius 2 is 2.05 bits per heavy atom. The molecule has 0 aliphatic heterocycles. The Balaban J connectivity index is 2.00. The second kappa shape index (κ2) is 10.3.